The first-order valence-corrected chi connectivity index (χ1v) is 14.0. The Labute approximate surface area is 227 Å². The molecule has 1 saturated carbocycles. The fourth-order valence-corrected chi connectivity index (χ4v) is 5.93. The van der Waals surface area contributed by atoms with Gasteiger partial charge in [-0.3, -0.25) is 0 Å². The summed E-state index contributed by atoms with van der Waals surface area (Å²) >= 11 is 0. The fourth-order valence-electron chi connectivity index (χ4n) is 5.93. The number of hydrogen-bond acceptors (Lipinski definition) is 3. The molecule has 0 spiro atoms. The second kappa shape index (κ2) is 11.9. The highest BCUT2D eigenvalue weighted by Gasteiger charge is 2.39. The Hall–Kier alpha value is -3.47. The van der Waals surface area contributed by atoms with Gasteiger partial charge in [0, 0.05) is 29.8 Å². The van der Waals surface area contributed by atoms with Crippen molar-refractivity contribution in [1.29, 1.82) is 0 Å². The Morgan fingerprint density at radius 3 is 2.03 bits per heavy atom. The largest absolute Gasteiger partial charge is 0.508 e. The predicted molar refractivity (Wildman–Crippen MR) is 155 cm³/mol. The van der Waals surface area contributed by atoms with Crippen molar-refractivity contribution < 1.29 is 15.0 Å². The van der Waals surface area contributed by atoms with Crippen LogP contribution in [-0.2, 0) is 12.0 Å². The maximum absolute atomic E-state index is 14.2. The minimum Gasteiger partial charge on any atom is -0.508 e. The third kappa shape index (κ3) is 6.15. The number of rotatable bonds is 8. The first-order valence-electron chi connectivity index (χ1n) is 14.0. The summed E-state index contributed by atoms with van der Waals surface area (Å²) in [6.07, 6.45) is 5.14. The monoisotopic (exact) mass is 514 g/mol. The van der Waals surface area contributed by atoms with Gasteiger partial charge in [0.2, 0.25) is 0 Å². The van der Waals surface area contributed by atoms with E-state index >= 15 is 0 Å². The number of aromatic hydroxyl groups is 2. The second-order valence-electron chi connectivity index (χ2n) is 11.4. The van der Waals surface area contributed by atoms with Crippen LogP contribution in [-0.4, -0.2) is 27.7 Å². The molecule has 4 rings (SSSR count). The van der Waals surface area contributed by atoms with Crippen molar-refractivity contribution in [3.8, 4) is 11.5 Å². The smallest absolute Gasteiger partial charge is 0.322 e. The van der Waals surface area contributed by atoms with Gasteiger partial charge in [0.15, 0.2) is 0 Å². The molecule has 1 aliphatic carbocycles. The predicted octanol–water partition coefficient (Wildman–Crippen LogP) is 8.28. The number of para-hydroxylation sites is 2. The molecule has 0 atom stereocenters. The highest BCUT2D eigenvalue weighted by atomic mass is 16.3. The van der Waals surface area contributed by atoms with Crippen LogP contribution in [0.3, 0.4) is 0 Å². The lowest BCUT2D eigenvalue weighted by atomic mass is 9.68. The van der Waals surface area contributed by atoms with Gasteiger partial charge in [-0.15, -0.1) is 0 Å². The highest BCUT2D eigenvalue weighted by Crippen LogP contribution is 2.44. The Kier molecular flexibility index (Phi) is 8.65. The van der Waals surface area contributed by atoms with E-state index in [4.69, 9.17) is 0 Å². The molecule has 2 amide bonds. The molecule has 38 heavy (non-hydrogen) atoms. The topological polar surface area (TPSA) is 72.8 Å². The van der Waals surface area contributed by atoms with Gasteiger partial charge in [-0.05, 0) is 59.6 Å². The molecular formula is C33H42N2O3. The first-order chi connectivity index (χ1) is 18.2. The summed E-state index contributed by atoms with van der Waals surface area (Å²) in [5.74, 6) is 1.03. The maximum Gasteiger partial charge on any atom is 0.322 e. The van der Waals surface area contributed by atoms with Crippen LogP contribution in [0.15, 0.2) is 66.7 Å². The Bertz CT molecular complexity index is 1200. The maximum atomic E-state index is 14.2. The van der Waals surface area contributed by atoms with Gasteiger partial charge in [0.1, 0.15) is 11.5 Å². The van der Waals surface area contributed by atoms with Gasteiger partial charge in [0.05, 0.1) is 0 Å². The molecule has 3 aromatic carbocycles. The number of benzene rings is 3. The summed E-state index contributed by atoms with van der Waals surface area (Å²) < 4.78 is 0. The number of nitrogens with one attached hydrogen (secondary N) is 1. The van der Waals surface area contributed by atoms with Crippen molar-refractivity contribution in [1.82, 2.24) is 4.90 Å². The molecule has 5 nitrogen and oxygen atoms in total. The molecule has 0 saturated heterocycles. The van der Waals surface area contributed by atoms with Crippen LogP contribution in [0.25, 0.3) is 0 Å². The number of hydrogen-bond donors (Lipinski definition) is 3. The Morgan fingerprint density at radius 1 is 0.842 bits per heavy atom. The molecule has 0 aliphatic heterocycles. The van der Waals surface area contributed by atoms with Gasteiger partial charge in [0.25, 0.3) is 0 Å². The molecule has 202 valence electrons. The first kappa shape index (κ1) is 27.6. The molecule has 3 aromatic rings. The van der Waals surface area contributed by atoms with E-state index in [1.807, 2.05) is 35.2 Å². The number of phenols is 2. The number of amides is 2. The van der Waals surface area contributed by atoms with E-state index in [1.165, 1.54) is 6.42 Å². The van der Waals surface area contributed by atoms with E-state index < -0.39 is 0 Å². The van der Waals surface area contributed by atoms with Crippen molar-refractivity contribution in [2.45, 2.75) is 83.6 Å². The quantitative estimate of drug-likeness (QED) is 0.283. The Balaban J connectivity index is 1.74. The summed E-state index contributed by atoms with van der Waals surface area (Å²) in [4.78, 5) is 16.1. The van der Waals surface area contributed by atoms with Gasteiger partial charge in [-0.2, -0.15) is 0 Å². The van der Waals surface area contributed by atoms with Crippen LogP contribution in [0.1, 0.15) is 93.9 Å². The minimum absolute atomic E-state index is 0.145. The van der Waals surface area contributed by atoms with Crippen molar-refractivity contribution in [2.24, 2.45) is 0 Å². The molecule has 0 aromatic heterocycles. The van der Waals surface area contributed by atoms with Crippen molar-refractivity contribution in [3.63, 3.8) is 0 Å². The van der Waals surface area contributed by atoms with E-state index in [0.717, 1.165) is 53.6 Å². The summed E-state index contributed by atoms with van der Waals surface area (Å²) in [6.45, 7) is 9.51. The van der Waals surface area contributed by atoms with E-state index in [1.54, 1.807) is 18.2 Å². The average molecular weight is 515 g/mol. The van der Waals surface area contributed by atoms with Crippen LogP contribution in [0.4, 0.5) is 10.5 Å². The third-order valence-corrected chi connectivity index (χ3v) is 7.98. The van der Waals surface area contributed by atoms with Gasteiger partial charge in [-0.25, -0.2) is 4.79 Å². The van der Waals surface area contributed by atoms with Crippen LogP contribution in [0.5, 0.6) is 11.5 Å². The molecule has 0 bridgehead atoms. The van der Waals surface area contributed by atoms with Gasteiger partial charge >= 0.3 is 6.03 Å². The van der Waals surface area contributed by atoms with Crippen molar-refractivity contribution >= 4 is 11.7 Å². The summed E-state index contributed by atoms with van der Waals surface area (Å²) in [5, 5.41) is 24.0. The van der Waals surface area contributed by atoms with Gasteiger partial charge < -0.3 is 20.4 Å². The van der Waals surface area contributed by atoms with E-state index in [-0.39, 0.29) is 29.0 Å². The lowest BCUT2D eigenvalue weighted by molar-refractivity contribution is 0.167. The third-order valence-electron chi connectivity index (χ3n) is 7.98. The molecule has 0 heterocycles. The molecule has 0 radical (unpaired) electrons. The lowest BCUT2D eigenvalue weighted by Gasteiger charge is -2.42. The number of anilines is 1. The molecular weight excluding hydrogens is 472 g/mol. The van der Waals surface area contributed by atoms with Crippen LogP contribution >= 0.6 is 0 Å². The standard InChI is InChI=1S/C33H42N2O3/c1-23(2)27-11-10-12-28(24(3)4)31(27)34-32(38)35(21-25-15-17-26(36)18-16-25)22-33(19-8-5-9-20-33)29-13-6-7-14-30(29)37/h6-7,10-18,23-24,36-37H,5,8-9,19-22H2,1-4H3,(H,34,38). The average Bonchev–Trinajstić information content (AvgIpc) is 2.90. The second-order valence-corrected chi connectivity index (χ2v) is 11.4. The van der Waals surface area contributed by atoms with Crippen molar-refractivity contribution in [2.75, 3.05) is 11.9 Å². The van der Waals surface area contributed by atoms with E-state index in [2.05, 4.69) is 51.2 Å². The number of carbonyl (C=O) groups excluding carboxylic acids is 1. The van der Waals surface area contributed by atoms with E-state index in [9.17, 15) is 15.0 Å². The normalized spacial score (nSPS) is 15.0. The zero-order chi connectivity index (χ0) is 27.3. The minimum atomic E-state index is -0.323. The number of phenolic OH excluding ortho intramolecular Hbond substituents is 2. The number of urea groups is 1. The van der Waals surface area contributed by atoms with Crippen LogP contribution in [0.2, 0.25) is 0 Å². The SMILES string of the molecule is CC(C)c1cccc(C(C)C)c1NC(=O)N(Cc1ccc(O)cc1)CC1(c2ccccc2O)CCCCC1. The molecule has 3 N–H and O–H groups in total. The zero-order valence-electron chi connectivity index (χ0n) is 23.2. The number of nitrogens with zero attached hydrogens (tertiary/aromatic N) is 1. The highest BCUT2D eigenvalue weighted by molar-refractivity contribution is 5.91. The summed E-state index contributed by atoms with van der Waals surface area (Å²) in [5.41, 5.74) is 4.70. The zero-order valence-corrected chi connectivity index (χ0v) is 23.2. The van der Waals surface area contributed by atoms with E-state index in [0.29, 0.717) is 18.8 Å². The molecule has 5 heteroatoms. The van der Waals surface area contributed by atoms with Crippen LogP contribution in [0, 0.1) is 0 Å². The van der Waals surface area contributed by atoms with Crippen molar-refractivity contribution in [3.05, 3.63) is 89.0 Å². The summed E-state index contributed by atoms with van der Waals surface area (Å²) in [7, 11) is 0. The Morgan fingerprint density at radius 2 is 1.45 bits per heavy atom. The van der Waals surface area contributed by atoms with Gasteiger partial charge in [-0.1, -0.05) is 95.5 Å². The molecule has 1 aliphatic rings. The van der Waals surface area contributed by atoms with Crippen LogP contribution < -0.4 is 5.32 Å². The molecule has 0 unspecified atom stereocenters. The summed E-state index contributed by atoms with van der Waals surface area (Å²) in [6, 6.07) is 20.8. The number of carbonyl (C=O) groups is 1. The fraction of sp³-hybridized carbons (Fsp3) is 0.424. The molecule has 1 fully saturated rings. The lowest BCUT2D eigenvalue weighted by Crippen LogP contribution is -2.46.